The molecule has 292 valence electrons. The molecular formula is C56H63N. The Balaban J connectivity index is 1.09. The van der Waals surface area contributed by atoms with E-state index in [2.05, 4.69) is 163 Å². The van der Waals surface area contributed by atoms with E-state index in [1.807, 2.05) is 0 Å². The van der Waals surface area contributed by atoms with Gasteiger partial charge in [-0.3, -0.25) is 0 Å². The van der Waals surface area contributed by atoms with E-state index in [0.717, 1.165) is 11.8 Å². The largest absolute Gasteiger partial charge is 0.310 e. The summed E-state index contributed by atoms with van der Waals surface area (Å²) in [6.45, 7) is 19.6. The molecule has 4 fully saturated rings. The number of para-hydroxylation sites is 1. The Labute approximate surface area is 343 Å². The number of nitrogens with zero attached hydrogens (tertiary/aromatic N) is 1. The topological polar surface area (TPSA) is 3.24 Å². The van der Waals surface area contributed by atoms with Crippen molar-refractivity contribution in [1.29, 1.82) is 0 Å². The molecule has 1 heteroatoms. The Hall–Kier alpha value is -4.10. The van der Waals surface area contributed by atoms with Crippen molar-refractivity contribution in [1.82, 2.24) is 0 Å². The van der Waals surface area contributed by atoms with Gasteiger partial charge in [-0.05, 0) is 201 Å². The van der Waals surface area contributed by atoms with Crippen molar-refractivity contribution in [2.24, 2.45) is 23.7 Å². The fourth-order valence-corrected chi connectivity index (χ4v) is 14.0. The summed E-state index contributed by atoms with van der Waals surface area (Å²) in [6, 6.07) is 41.5. The Morgan fingerprint density at radius 3 is 1.39 bits per heavy atom. The van der Waals surface area contributed by atoms with Crippen LogP contribution in [0, 0.1) is 23.7 Å². The first-order chi connectivity index (χ1) is 27.2. The summed E-state index contributed by atoms with van der Waals surface area (Å²) < 4.78 is 0. The summed E-state index contributed by atoms with van der Waals surface area (Å²) in [5, 5.41) is 0. The van der Waals surface area contributed by atoms with Crippen LogP contribution in [0.2, 0.25) is 0 Å². The van der Waals surface area contributed by atoms with Crippen LogP contribution in [0.4, 0.5) is 17.1 Å². The normalized spacial score (nSPS) is 28.7. The van der Waals surface area contributed by atoms with Crippen LogP contribution in [-0.2, 0) is 27.1 Å². The minimum absolute atomic E-state index is 0.0732. The smallest absolute Gasteiger partial charge is 0.0465 e. The number of anilines is 3. The van der Waals surface area contributed by atoms with E-state index >= 15 is 0 Å². The second kappa shape index (κ2) is 12.0. The standard InChI is InChI=1S/C56H63N/c1-52(2)22-24-54(5,6)50-32-38(15-20-46(50)52)37-14-18-44-45-19-16-42(33-49(45)56(48(44)31-37)39-27-35-26-36(29-39)30-40(56)28-35)57(41-12-10-9-11-13-41)43-17-21-47-51(34-43)55(7,8)25-23-53(47,3)4/h9-21,31-36,39-40H,22-30H2,1-8H3. The lowest BCUT2D eigenvalue weighted by molar-refractivity contribution is -0.0399. The summed E-state index contributed by atoms with van der Waals surface area (Å²) in [4.78, 5) is 2.58. The van der Waals surface area contributed by atoms with Crippen molar-refractivity contribution in [3.8, 4) is 22.3 Å². The van der Waals surface area contributed by atoms with Gasteiger partial charge in [-0.25, -0.2) is 0 Å². The molecule has 5 aromatic rings. The Morgan fingerprint density at radius 2 is 0.807 bits per heavy atom. The summed E-state index contributed by atoms with van der Waals surface area (Å²) in [6.07, 6.45) is 12.0. The minimum Gasteiger partial charge on any atom is -0.310 e. The van der Waals surface area contributed by atoms with Gasteiger partial charge in [0.05, 0.1) is 0 Å². The number of fused-ring (bicyclic) bond motifs is 5. The first-order valence-electron chi connectivity index (χ1n) is 22.6. The van der Waals surface area contributed by atoms with Gasteiger partial charge in [0, 0.05) is 22.5 Å². The SMILES string of the molecule is CC1(C)CCC(C)(C)c2cc(-c3ccc4c(c3)C3(c5cc(N(c6ccccc6)c6ccc7c(c6)C(C)(C)CCC7(C)C)ccc5-4)C4CC5CC(C4)CC3C5)ccc21. The second-order valence-corrected chi connectivity index (χ2v) is 22.4. The van der Waals surface area contributed by atoms with E-state index < -0.39 is 0 Å². The van der Waals surface area contributed by atoms with Crippen molar-refractivity contribution >= 4 is 17.1 Å². The molecule has 12 rings (SSSR count). The van der Waals surface area contributed by atoms with Crippen LogP contribution < -0.4 is 4.90 Å². The highest BCUT2D eigenvalue weighted by Crippen LogP contribution is 2.70. The predicted molar refractivity (Wildman–Crippen MR) is 240 cm³/mol. The Bertz CT molecular complexity index is 2410. The molecule has 0 amide bonds. The molecule has 4 bridgehead atoms. The molecule has 0 N–H and O–H groups in total. The maximum atomic E-state index is 2.70. The van der Waals surface area contributed by atoms with Crippen LogP contribution in [0.3, 0.4) is 0 Å². The third kappa shape index (κ3) is 5.18. The zero-order chi connectivity index (χ0) is 39.3. The van der Waals surface area contributed by atoms with E-state index in [1.165, 1.54) is 108 Å². The number of benzene rings is 5. The zero-order valence-corrected chi connectivity index (χ0v) is 35.9. The van der Waals surface area contributed by atoms with E-state index in [-0.39, 0.29) is 27.1 Å². The van der Waals surface area contributed by atoms with Gasteiger partial charge in [-0.2, -0.15) is 0 Å². The molecule has 0 radical (unpaired) electrons. The molecule has 0 aliphatic heterocycles. The molecular weight excluding hydrogens is 687 g/mol. The van der Waals surface area contributed by atoms with E-state index in [4.69, 9.17) is 0 Å². The van der Waals surface area contributed by atoms with Crippen LogP contribution in [0.25, 0.3) is 22.3 Å². The van der Waals surface area contributed by atoms with Gasteiger partial charge in [0.25, 0.3) is 0 Å². The average Bonchev–Trinajstić information content (AvgIpc) is 3.47. The molecule has 0 saturated heterocycles. The highest BCUT2D eigenvalue weighted by Gasteiger charge is 2.61. The van der Waals surface area contributed by atoms with E-state index in [9.17, 15) is 0 Å². The van der Waals surface area contributed by atoms with Crippen LogP contribution in [-0.4, -0.2) is 0 Å². The maximum absolute atomic E-state index is 2.70. The fraction of sp³-hybridized carbons (Fsp3) is 0.464. The summed E-state index contributed by atoms with van der Waals surface area (Å²) in [5.41, 5.74) is 19.8. The van der Waals surface area contributed by atoms with Crippen molar-refractivity contribution in [2.45, 2.75) is 140 Å². The van der Waals surface area contributed by atoms with Gasteiger partial charge in [-0.1, -0.05) is 116 Å². The number of rotatable bonds is 4. The van der Waals surface area contributed by atoms with Crippen LogP contribution in [0.5, 0.6) is 0 Å². The number of hydrogen-bond donors (Lipinski definition) is 0. The monoisotopic (exact) mass is 749 g/mol. The van der Waals surface area contributed by atoms with Crippen LogP contribution >= 0.6 is 0 Å². The summed E-state index contributed by atoms with van der Waals surface area (Å²) in [7, 11) is 0. The van der Waals surface area contributed by atoms with E-state index in [0.29, 0.717) is 11.8 Å². The molecule has 4 saturated carbocycles. The van der Waals surface area contributed by atoms with Crippen molar-refractivity contribution in [3.05, 3.63) is 137 Å². The molecule has 7 aliphatic carbocycles. The van der Waals surface area contributed by atoms with Gasteiger partial charge >= 0.3 is 0 Å². The lowest BCUT2D eigenvalue weighted by Gasteiger charge is -2.61. The zero-order valence-electron chi connectivity index (χ0n) is 35.9. The highest BCUT2D eigenvalue weighted by molar-refractivity contribution is 5.88. The van der Waals surface area contributed by atoms with E-state index in [1.54, 1.807) is 22.3 Å². The molecule has 0 atom stereocenters. The van der Waals surface area contributed by atoms with Crippen LogP contribution in [0.15, 0.2) is 103 Å². The molecule has 7 aliphatic rings. The number of hydrogen-bond acceptors (Lipinski definition) is 1. The van der Waals surface area contributed by atoms with Gasteiger partial charge in [0.15, 0.2) is 0 Å². The quantitative estimate of drug-likeness (QED) is 0.177. The molecule has 1 spiro atoms. The van der Waals surface area contributed by atoms with Crippen molar-refractivity contribution in [2.75, 3.05) is 4.90 Å². The second-order valence-electron chi connectivity index (χ2n) is 22.4. The van der Waals surface area contributed by atoms with Crippen molar-refractivity contribution in [3.63, 3.8) is 0 Å². The Kier molecular flexibility index (Phi) is 7.58. The predicted octanol–water partition coefficient (Wildman–Crippen LogP) is 15.2. The Morgan fingerprint density at radius 1 is 0.386 bits per heavy atom. The fourth-order valence-electron chi connectivity index (χ4n) is 14.0. The third-order valence-corrected chi connectivity index (χ3v) is 17.2. The van der Waals surface area contributed by atoms with Crippen molar-refractivity contribution < 1.29 is 0 Å². The molecule has 1 nitrogen and oxygen atoms in total. The van der Waals surface area contributed by atoms with Gasteiger partial charge in [-0.15, -0.1) is 0 Å². The average molecular weight is 750 g/mol. The molecule has 0 heterocycles. The lowest BCUT2D eigenvalue weighted by atomic mass is 9.43. The van der Waals surface area contributed by atoms with Gasteiger partial charge in [0.1, 0.15) is 0 Å². The molecule has 57 heavy (non-hydrogen) atoms. The molecule has 0 unspecified atom stereocenters. The molecule has 0 aromatic heterocycles. The van der Waals surface area contributed by atoms with Gasteiger partial charge in [0.2, 0.25) is 0 Å². The minimum atomic E-state index is 0.0732. The van der Waals surface area contributed by atoms with Crippen LogP contribution in [0.1, 0.15) is 147 Å². The summed E-state index contributed by atoms with van der Waals surface area (Å²) >= 11 is 0. The first kappa shape index (κ1) is 36.0. The first-order valence-corrected chi connectivity index (χ1v) is 22.6. The summed E-state index contributed by atoms with van der Waals surface area (Å²) in [5.74, 6) is 3.23. The maximum Gasteiger partial charge on any atom is 0.0465 e. The lowest BCUT2D eigenvalue weighted by Crippen LogP contribution is -2.55. The molecule has 5 aromatic carbocycles. The van der Waals surface area contributed by atoms with Gasteiger partial charge < -0.3 is 4.90 Å². The highest BCUT2D eigenvalue weighted by atomic mass is 15.1. The third-order valence-electron chi connectivity index (χ3n) is 17.2.